The van der Waals surface area contributed by atoms with Crippen molar-refractivity contribution < 1.29 is 23.8 Å². The average Bonchev–Trinajstić information content (AvgIpc) is 3.08. The van der Waals surface area contributed by atoms with Gasteiger partial charge in [-0.05, 0) is 38.5 Å². The molecule has 6 heteroatoms. The molecule has 1 aromatic heterocycles. The Morgan fingerprint density at radius 3 is 2.03 bits per heavy atom. The number of hydrogen-bond acceptors (Lipinski definition) is 5. The summed E-state index contributed by atoms with van der Waals surface area (Å²) in [5, 5.41) is 0. The highest BCUT2D eigenvalue weighted by molar-refractivity contribution is 6.07. The fourth-order valence-electron chi connectivity index (χ4n) is 3.54. The van der Waals surface area contributed by atoms with Gasteiger partial charge in [0.2, 0.25) is 0 Å². The monoisotopic (exact) mass is 421 g/mol. The lowest BCUT2D eigenvalue weighted by molar-refractivity contribution is 0.0510. The molecule has 0 aliphatic rings. The second kappa shape index (κ2) is 10.5. The van der Waals surface area contributed by atoms with Crippen molar-refractivity contribution in [2.75, 3.05) is 19.8 Å². The third kappa shape index (κ3) is 4.97. The van der Waals surface area contributed by atoms with Crippen molar-refractivity contribution in [3.05, 3.63) is 77.6 Å². The maximum Gasteiger partial charge on any atom is 0.355 e. The number of hydrogen-bond donors (Lipinski definition) is 0. The molecule has 0 amide bonds. The Morgan fingerprint density at radius 1 is 0.839 bits per heavy atom. The van der Waals surface area contributed by atoms with Crippen LogP contribution in [-0.2, 0) is 16.0 Å². The van der Waals surface area contributed by atoms with Gasteiger partial charge < -0.3 is 18.8 Å². The molecule has 0 aliphatic heterocycles. The fourth-order valence-corrected chi connectivity index (χ4v) is 3.54. The molecular weight excluding hydrogens is 394 g/mol. The SMILES string of the molecule is CCOC(=O)c1c(-c2ccccc2)c(C(=O)OCC)n(CCOc2ccccc2)c1C. The van der Waals surface area contributed by atoms with Crippen molar-refractivity contribution in [2.24, 2.45) is 0 Å². The topological polar surface area (TPSA) is 66.8 Å². The van der Waals surface area contributed by atoms with Crippen LogP contribution in [0.1, 0.15) is 40.4 Å². The molecule has 3 aromatic rings. The van der Waals surface area contributed by atoms with E-state index in [-0.39, 0.29) is 13.2 Å². The molecule has 0 unspecified atom stereocenters. The molecule has 0 radical (unpaired) electrons. The van der Waals surface area contributed by atoms with Gasteiger partial charge in [-0.2, -0.15) is 0 Å². The van der Waals surface area contributed by atoms with E-state index in [1.807, 2.05) is 67.6 Å². The van der Waals surface area contributed by atoms with Crippen molar-refractivity contribution in [1.29, 1.82) is 0 Å². The Hall–Kier alpha value is -3.54. The summed E-state index contributed by atoms with van der Waals surface area (Å²) in [6.07, 6.45) is 0. The highest BCUT2D eigenvalue weighted by Crippen LogP contribution is 2.34. The number of benzene rings is 2. The van der Waals surface area contributed by atoms with Crippen molar-refractivity contribution >= 4 is 11.9 Å². The Morgan fingerprint density at radius 2 is 1.42 bits per heavy atom. The standard InChI is InChI=1S/C25H27NO5/c1-4-29-24(27)21-18(3)26(16-17-31-20-14-10-7-11-15-20)23(25(28)30-5-2)22(21)19-12-8-6-9-13-19/h6-15H,4-5,16-17H2,1-3H3. The molecular formula is C25H27NO5. The highest BCUT2D eigenvalue weighted by atomic mass is 16.5. The molecule has 6 nitrogen and oxygen atoms in total. The van der Waals surface area contributed by atoms with Gasteiger partial charge >= 0.3 is 11.9 Å². The van der Waals surface area contributed by atoms with Crippen LogP contribution in [-0.4, -0.2) is 36.3 Å². The van der Waals surface area contributed by atoms with E-state index >= 15 is 0 Å². The van der Waals surface area contributed by atoms with E-state index in [9.17, 15) is 9.59 Å². The average molecular weight is 421 g/mol. The number of aromatic nitrogens is 1. The zero-order valence-electron chi connectivity index (χ0n) is 18.1. The van der Waals surface area contributed by atoms with Crippen molar-refractivity contribution in [3.63, 3.8) is 0 Å². The quantitative estimate of drug-likeness (QED) is 0.460. The summed E-state index contributed by atoms with van der Waals surface area (Å²) in [5.74, 6) is -0.217. The third-order valence-electron chi connectivity index (χ3n) is 4.86. The zero-order valence-corrected chi connectivity index (χ0v) is 18.1. The van der Waals surface area contributed by atoms with Gasteiger partial charge in [0.25, 0.3) is 0 Å². The number of esters is 2. The Labute approximate surface area is 182 Å². The van der Waals surface area contributed by atoms with Gasteiger partial charge in [0.1, 0.15) is 18.1 Å². The van der Waals surface area contributed by atoms with Crippen molar-refractivity contribution in [3.8, 4) is 16.9 Å². The van der Waals surface area contributed by atoms with Crippen LogP contribution in [0.25, 0.3) is 11.1 Å². The van der Waals surface area contributed by atoms with Crippen LogP contribution in [0.2, 0.25) is 0 Å². The van der Waals surface area contributed by atoms with Crippen LogP contribution in [0.3, 0.4) is 0 Å². The van der Waals surface area contributed by atoms with Crippen LogP contribution < -0.4 is 4.74 Å². The summed E-state index contributed by atoms with van der Waals surface area (Å²) < 4.78 is 18.3. The normalized spacial score (nSPS) is 10.5. The molecule has 31 heavy (non-hydrogen) atoms. The minimum Gasteiger partial charge on any atom is -0.492 e. The van der Waals surface area contributed by atoms with Gasteiger partial charge in [-0.1, -0.05) is 48.5 Å². The van der Waals surface area contributed by atoms with Crippen LogP contribution >= 0.6 is 0 Å². The Bertz CT molecular complexity index is 1030. The molecule has 1 heterocycles. The van der Waals surface area contributed by atoms with Gasteiger partial charge in [-0.25, -0.2) is 9.59 Å². The largest absolute Gasteiger partial charge is 0.492 e. The number of nitrogens with zero attached hydrogens (tertiary/aromatic N) is 1. The van der Waals surface area contributed by atoms with Crippen molar-refractivity contribution in [2.45, 2.75) is 27.3 Å². The van der Waals surface area contributed by atoms with Crippen LogP contribution in [0.15, 0.2) is 60.7 Å². The Kier molecular flexibility index (Phi) is 7.49. The summed E-state index contributed by atoms with van der Waals surface area (Å²) in [4.78, 5) is 25.9. The number of carbonyl (C=O) groups is 2. The third-order valence-corrected chi connectivity index (χ3v) is 4.86. The first-order chi connectivity index (χ1) is 15.1. The molecule has 0 saturated carbocycles. The molecule has 0 N–H and O–H groups in total. The molecule has 162 valence electrons. The molecule has 0 fully saturated rings. The first-order valence-corrected chi connectivity index (χ1v) is 10.4. The minimum absolute atomic E-state index is 0.229. The van der Waals surface area contributed by atoms with E-state index in [0.29, 0.717) is 35.7 Å². The van der Waals surface area contributed by atoms with Crippen LogP contribution in [0, 0.1) is 6.92 Å². The molecule has 0 aliphatic carbocycles. The maximum atomic E-state index is 13.0. The zero-order chi connectivity index (χ0) is 22.2. The van der Waals surface area contributed by atoms with E-state index in [1.54, 1.807) is 18.4 Å². The number of rotatable bonds is 9. The predicted octanol–water partition coefficient (Wildman–Crippen LogP) is 4.90. The summed E-state index contributed by atoms with van der Waals surface area (Å²) >= 11 is 0. The predicted molar refractivity (Wildman–Crippen MR) is 118 cm³/mol. The number of ether oxygens (including phenoxy) is 3. The fraction of sp³-hybridized carbons (Fsp3) is 0.280. The van der Waals surface area contributed by atoms with E-state index in [0.717, 1.165) is 11.3 Å². The molecule has 2 aromatic carbocycles. The summed E-state index contributed by atoms with van der Waals surface area (Å²) in [6.45, 7) is 6.48. The molecule has 0 saturated heterocycles. The second-order valence-electron chi connectivity index (χ2n) is 6.80. The van der Waals surface area contributed by atoms with Gasteiger partial charge in [0, 0.05) is 11.3 Å². The van der Waals surface area contributed by atoms with Crippen molar-refractivity contribution in [1.82, 2.24) is 4.57 Å². The first-order valence-electron chi connectivity index (χ1n) is 10.4. The first kappa shape index (κ1) is 22.2. The van der Waals surface area contributed by atoms with Gasteiger partial charge in [-0.15, -0.1) is 0 Å². The minimum atomic E-state index is -0.486. The molecule has 3 rings (SSSR count). The lowest BCUT2D eigenvalue weighted by Gasteiger charge is -2.13. The van der Waals surface area contributed by atoms with E-state index in [2.05, 4.69) is 0 Å². The van der Waals surface area contributed by atoms with E-state index in [1.165, 1.54) is 0 Å². The lowest BCUT2D eigenvalue weighted by Crippen LogP contribution is -2.17. The smallest absolute Gasteiger partial charge is 0.355 e. The summed E-state index contributed by atoms with van der Waals surface area (Å²) in [5.41, 5.74) is 2.60. The maximum absolute atomic E-state index is 13.0. The van der Waals surface area contributed by atoms with Gasteiger partial charge in [0.15, 0.2) is 0 Å². The van der Waals surface area contributed by atoms with E-state index < -0.39 is 11.9 Å². The van der Waals surface area contributed by atoms with Gasteiger partial charge in [-0.3, -0.25) is 0 Å². The summed E-state index contributed by atoms with van der Waals surface area (Å²) in [7, 11) is 0. The van der Waals surface area contributed by atoms with Crippen LogP contribution in [0.5, 0.6) is 5.75 Å². The Balaban J connectivity index is 2.09. The van der Waals surface area contributed by atoms with E-state index in [4.69, 9.17) is 14.2 Å². The number of carbonyl (C=O) groups excluding carboxylic acids is 2. The summed E-state index contributed by atoms with van der Waals surface area (Å²) in [6, 6.07) is 18.8. The lowest BCUT2D eigenvalue weighted by atomic mass is 10.00. The van der Waals surface area contributed by atoms with Gasteiger partial charge in [0.05, 0.1) is 25.3 Å². The number of para-hydroxylation sites is 1. The van der Waals surface area contributed by atoms with Crippen LogP contribution in [0.4, 0.5) is 0 Å². The second-order valence-corrected chi connectivity index (χ2v) is 6.80. The molecule has 0 atom stereocenters. The molecule has 0 spiro atoms. The molecule has 0 bridgehead atoms. The highest BCUT2D eigenvalue weighted by Gasteiger charge is 2.31.